The monoisotopic (exact) mass is 383 g/mol. The molecule has 24 heavy (non-hydrogen) atoms. The second-order valence-electron chi connectivity index (χ2n) is 5.86. The van der Waals surface area contributed by atoms with Gasteiger partial charge in [-0.15, -0.1) is 0 Å². The number of benzene rings is 2. The second-order valence-corrected chi connectivity index (χ2v) is 6.66. The maximum absolute atomic E-state index is 12.9. The zero-order valence-electron chi connectivity index (χ0n) is 13.2. The lowest BCUT2D eigenvalue weighted by molar-refractivity contribution is -0.125. The van der Waals surface area contributed by atoms with Crippen LogP contribution in [0, 0.1) is 5.92 Å². The maximum Gasteiger partial charge on any atom is 0.251 e. The van der Waals surface area contributed by atoms with E-state index in [9.17, 15) is 9.59 Å². The SMILES string of the molecule is O=CCC1CN(Cc2ccccc2)C(=O)/C1=C(\Br)c1ccccc1. The Morgan fingerprint density at radius 2 is 1.71 bits per heavy atom. The first-order valence-electron chi connectivity index (χ1n) is 7.92. The molecule has 1 saturated heterocycles. The highest BCUT2D eigenvalue weighted by molar-refractivity contribution is 9.15. The third-order valence-electron chi connectivity index (χ3n) is 4.23. The molecule has 0 bridgehead atoms. The van der Waals surface area contributed by atoms with E-state index in [2.05, 4.69) is 15.9 Å². The van der Waals surface area contributed by atoms with Gasteiger partial charge in [0.15, 0.2) is 0 Å². The number of halogens is 1. The molecule has 1 aliphatic heterocycles. The van der Waals surface area contributed by atoms with Crippen LogP contribution in [-0.2, 0) is 16.1 Å². The molecule has 1 unspecified atom stereocenters. The second kappa shape index (κ2) is 7.58. The Labute approximate surface area is 150 Å². The molecule has 1 fully saturated rings. The normalized spacial score (nSPS) is 19.5. The molecule has 0 spiro atoms. The van der Waals surface area contributed by atoms with Gasteiger partial charge >= 0.3 is 0 Å². The average Bonchev–Trinajstić information content (AvgIpc) is 2.92. The topological polar surface area (TPSA) is 37.4 Å². The summed E-state index contributed by atoms with van der Waals surface area (Å²) in [7, 11) is 0. The summed E-state index contributed by atoms with van der Waals surface area (Å²) in [5.74, 6) is -0.0743. The highest BCUT2D eigenvalue weighted by atomic mass is 79.9. The summed E-state index contributed by atoms with van der Waals surface area (Å²) in [6, 6.07) is 19.7. The molecule has 2 aromatic rings. The van der Waals surface area contributed by atoms with E-state index in [1.807, 2.05) is 65.6 Å². The average molecular weight is 384 g/mol. The zero-order valence-corrected chi connectivity index (χ0v) is 14.8. The van der Waals surface area contributed by atoms with E-state index >= 15 is 0 Å². The number of carbonyl (C=O) groups excluding carboxylic acids is 2. The van der Waals surface area contributed by atoms with E-state index < -0.39 is 0 Å². The van der Waals surface area contributed by atoms with Crippen LogP contribution in [0.4, 0.5) is 0 Å². The van der Waals surface area contributed by atoms with Crippen molar-refractivity contribution < 1.29 is 9.59 Å². The van der Waals surface area contributed by atoms with Crippen LogP contribution in [0.2, 0.25) is 0 Å². The largest absolute Gasteiger partial charge is 0.334 e. The molecule has 3 nitrogen and oxygen atoms in total. The van der Waals surface area contributed by atoms with Gasteiger partial charge in [0.05, 0.1) is 0 Å². The Kier molecular flexibility index (Phi) is 5.26. The van der Waals surface area contributed by atoms with E-state index in [0.717, 1.165) is 21.9 Å². The lowest BCUT2D eigenvalue weighted by atomic mass is 9.97. The molecule has 3 rings (SSSR count). The molecule has 122 valence electrons. The minimum atomic E-state index is -0.0757. The molecule has 4 heteroatoms. The number of likely N-dealkylation sites (tertiary alicyclic amines) is 1. The summed E-state index contributed by atoms with van der Waals surface area (Å²) < 4.78 is 0.788. The summed E-state index contributed by atoms with van der Waals surface area (Å²) in [5, 5.41) is 0. The van der Waals surface area contributed by atoms with Gasteiger partial charge < -0.3 is 9.69 Å². The lowest BCUT2D eigenvalue weighted by Gasteiger charge is -2.15. The van der Waals surface area contributed by atoms with Gasteiger partial charge in [-0.1, -0.05) is 60.7 Å². The number of amides is 1. The predicted molar refractivity (Wildman–Crippen MR) is 98.3 cm³/mol. The number of hydrogen-bond acceptors (Lipinski definition) is 2. The van der Waals surface area contributed by atoms with Crippen molar-refractivity contribution in [2.24, 2.45) is 5.92 Å². The summed E-state index contributed by atoms with van der Waals surface area (Å²) in [6.45, 7) is 1.14. The third kappa shape index (κ3) is 3.49. The van der Waals surface area contributed by atoms with Crippen LogP contribution in [0.25, 0.3) is 4.48 Å². The van der Waals surface area contributed by atoms with E-state index in [-0.39, 0.29) is 11.8 Å². The van der Waals surface area contributed by atoms with Crippen LogP contribution in [-0.4, -0.2) is 23.6 Å². The standard InChI is InChI=1S/C20H18BrNO2/c21-19(16-9-5-2-6-10-16)18-17(11-12-23)14-22(20(18)24)13-15-7-3-1-4-8-15/h1-10,12,17H,11,13-14H2/b19-18-. The fraction of sp³-hybridized carbons (Fsp3) is 0.200. The first-order chi connectivity index (χ1) is 11.7. The van der Waals surface area contributed by atoms with Gasteiger partial charge in [0.2, 0.25) is 0 Å². The predicted octanol–water partition coefficient (Wildman–Crippen LogP) is 4.04. The minimum absolute atomic E-state index is 0.00133. The van der Waals surface area contributed by atoms with Crippen molar-refractivity contribution in [2.45, 2.75) is 13.0 Å². The van der Waals surface area contributed by atoms with Gasteiger partial charge in [-0.3, -0.25) is 4.79 Å². The van der Waals surface area contributed by atoms with Crippen molar-refractivity contribution >= 4 is 32.6 Å². The number of hydrogen-bond donors (Lipinski definition) is 0. The zero-order chi connectivity index (χ0) is 16.9. The van der Waals surface area contributed by atoms with Crippen molar-refractivity contribution in [1.82, 2.24) is 4.90 Å². The van der Waals surface area contributed by atoms with E-state index in [4.69, 9.17) is 0 Å². The van der Waals surface area contributed by atoms with Crippen LogP contribution in [0.5, 0.6) is 0 Å². The van der Waals surface area contributed by atoms with Gasteiger partial charge in [-0.25, -0.2) is 0 Å². The Bertz CT molecular complexity index is 756. The van der Waals surface area contributed by atoms with Gasteiger partial charge in [-0.05, 0) is 27.1 Å². The molecular weight excluding hydrogens is 366 g/mol. The smallest absolute Gasteiger partial charge is 0.251 e. The van der Waals surface area contributed by atoms with Crippen molar-refractivity contribution in [3.63, 3.8) is 0 Å². The minimum Gasteiger partial charge on any atom is -0.334 e. The van der Waals surface area contributed by atoms with Gasteiger partial charge in [0, 0.05) is 35.5 Å². The molecule has 0 radical (unpaired) electrons. The number of aldehydes is 1. The van der Waals surface area contributed by atoms with Crippen LogP contribution in [0.1, 0.15) is 17.5 Å². The van der Waals surface area contributed by atoms with Crippen LogP contribution in [0.15, 0.2) is 66.2 Å². The van der Waals surface area contributed by atoms with Crippen LogP contribution < -0.4 is 0 Å². The maximum atomic E-state index is 12.9. The van der Waals surface area contributed by atoms with Gasteiger partial charge in [0.25, 0.3) is 5.91 Å². The number of nitrogens with zero attached hydrogens (tertiary/aromatic N) is 1. The molecule has 0 N–H and O–H groups in total. The molecule has 0 saturated carbocycles. The Morgan fingerprint density at radius 1 is 1.08 bits per heavy atom. The van der Waals surface area contributed by atoms with Crippen LogP contribution in [0.3, 0.4) is 0 Å². The molecule has 1 amide bonds. The Hall–Kier alpha value is -2.20. The third-order valence-corrected chi connectivity index (χ3v) is 5.11. The first-order valence-corrected chi connectivity index (χ1v) is 8.72. The fourth-order valence-corrected chi connectivity index (χ4v) is 3.80. The summed E-state index contributed by atoms with van der Waals surface area (Å²) in [5.41, 5.74) is 2.75. The molecule has 1 aliphatic rings. The van der Waals surface area contributed by atoms with E-state index in [1.165, 1.54) is 0 Å². The van der Waals surface area contributed by atoms with Gasteiger partial charge in [-0.2, -0.15) is 0 Å². The fourth-order valence-electron chi connectivity index (χ4n) is 3.05. The van der Waals surface area contributed by atoms with Crippen molar-refractivity contribution in [3.8, 4) is 0 Å². The van der Waals surface area contributed by atoms with Crippen molar-refractivity contribution in [2.75, 3.05) is 6.54 Å². The highest BCUT2D eigenvalue weighted by Gasteiger charge is 2.36. The van der Waals surface area contributed by atoms with Gasteiger partial charge in [0.1, 0.15) is 6.29 Å². The molecular formula is C20H18BrNO2. The number of rotatable bonds is 5. The number of carbonyl (C=O) groups is 2. The quantitative estimate of drug-likeness (QED) is 0.577. The van der Waals surface area contributed by atoms with E-state index in [1.54, 1.807) is 0 Å². The molecule has 0 aromatic heterocycles. The summed E-state index contributed by atoms with van der Waals surface area (Å²) in [4.78, 5) is 25.8. The Balaban J connectivity index is 1.92. The molecule has 1 atom stereocenters. The Morgan fingerprint density at radius 3 is 2.33 bits per heavy atom. The lowest BCUT2D eigenvalue weighted by Crippen LogP contribution is -2.25. The molecule has 1 heterocycles. The first kappa shape index (κ1) is 16.7. The highest BCUT2D eigenvalue weighted by Crippen LogP contribution is 2.36. The summed E-state index contributed by atoms with van der Waals surface area (Å²) in [6.07, 6.45) is 1.25. The molecule has 0 aliphatic carbocycles. The van der Waals surface area contributed by atoms with Crippen molar-refractivity contribution in [1.29, 1.82) is 0 Å². The van der Waals surface area contributed by atoms with Crippen LogP contribution >= 0.6 is 15.9 Å². The van der Waals surface area contributed by atoms with Crippen molar-refractivity contribution in [3.05, 3.63) is 77.4 Å². The molecule has 2 aromatic carbocycles. The summed E-state index contributed by atoms with van der Waals surface area (Å²) >= 11 is 3.59. The van der Waals surface area contributed by atoms with E-state index in [0.29, 0.717) is 25.1 Å².